The predicted molar refractivity (Wildman–Crippen MR) is 101 cm³/mol. The molecule has 4 rings (SSSR count). The number of benzene rings is 1. The number of imidazole rings is 1. The Labute approximate surface area is 156 Å². The molecular weight excluding hydrogens is 344 g/mol. The molecule has 138 valence electrons. The van der Waals surface area contributed by atoms with Gasteiger partial charge < -0.3 is 15.4 Å². The zero-order valence-electron chi connectivity index (χ0n) is 14.9. The average molecular weight is 364 g/mol. The van der Waals surface area contributed by atoms with Crippen molar-refractivity contribution in [2.45, 2.75) is 25.8 Å². The van der Waals surface area contributed by atoms with Crippen LogP contribution >= 0.6 is 0 Å². The smallest absolute Gasteiger partial charge is 0.292 e. The Morgan fingerprint density at radius 1 is 1.15 bits per heavy atom. The molecule has 0 saturated heterocycles. The monoisotopic (exact) mass is 364 g/mol. The SMILES string of the molecule is CCOc1ccc(NC(=O)c2nc(C(=O)NC3CC3)c3ccccn23)cc1. The third-order valence-corrected chi connectivity index (χ3v) is 4.30. The van der Waals surface area contributed by atoms with Crippen LogP contribution in [0, 0.1) is 0 Å². The van der Waals surface area contributed by atoms with Gasteiger partial charge in [-0.15, -0.1) is 0 Å². The highest BCUT2D eigenvalue weighted by Crippen LogP contribution is 2.21. The summed E-state index contributed by atoms with van der Waals surface area (Å²) in [5.41, 5.74) is 1.49. The van der Waals surface area contributed by atoms with Gasteiger partial charge in [-0.3, -0.25) is 14.0 Å². The van der Waals surface area contributed by atoms with Gasteiger partial charge in [-0.05, 0) is 56.2 Å². The number of amides is 2. The Bertz CT molecular complexity index is 990. The molecule has 27 heavy (non-hydrogen) atoms. The predicted octanol–water partition coefficient (Wildman–Crippen LogP) is 2.88. The van der Waals surface area contributed by atoms with Gasteiger partial charge in [-0.2, -0.15) is 0 Å². The Hall–Kier alpha value is -3.35. The zero-order chi connectivity index (χ0) is 18.8. The Morgan fingerprint density at radius 2 is 1.93 bits per heavy atom. The summed E-state index contributed by atoms with van der Waals surface area (Å²) in [6.07, 6.45) is 3.70. The van der Waals surface area contributed by atoms with E-state index in [4.69, 9.17) is 4.74 Å². The van der Waals surface area contributed by atoms with Crippen molar-refractivity contribution in [2.75, 3.05) is 11.9 Å². The number of nitrogens with one attached hydrogen (secondary N) is 2. The average Bonchev–Trinajstić information content (AvgIpc) is 3.40. The molecule has 2 N–H and O–H groups in total. The van der Waals surface area contributed by atoms with Crippen molar-refractivity contribution in [2.24, 2.45) is 0 Å². The standard InChI is InChI=1S/C20H20N4O3/c1-2-27-15-10-8-14(9-11-15)22-20(26)18-23-17(19(25)21-13-6-7-13)16-5-3-4-12-24(16)18/h3-5,8-13H,2,6-7H2,1H3,(H,21,25)(H,22,26). The lowest BCUT2D eigenvalue weighted by molar-refractivity contribution is 0.0948. The second kappa shape index (κ2) is 7.11. The maximum absolute atomic E-state index is 12.8. The first-order valence-electron chi connectivity index (χ1n) is 8.98. The van der Waals surface area contributed by atoms with Crippen LogP contribution in [0.3, 0.4) is 0 Å². The third-order valence-electron chi connectivity index (χ3n) is 4.30. The molecular formula is C20H20N4O3. The topological polar surface area (TPSA) is 84.7 Å². The molecule has 7 heteroatoms. The molecule has 0 atom stereocenters. The fourth-order valence-electron chi connectivity index (χ4n) is 2.83. The van der Waals surface area contributed by atoms with Crippen LogP contribution < -0.4 is 15.4 Å². The lowest BCUT2D eigenvalue weighted by Crippen LogP contribution is -2.26. The maximum atomic E-state index is 12.8. The Kier molecular flexibility index (Phi) is 4.50. The minimum atomic E-state index is -0.383. The van der Waals surface area contributed by atoms with Crippen molar-refractivity contribution in [1.29, 1.82) is 0 Å². The largest absolute Gasteiger partial charge is 0.494 e. The van der Waals surface area contributed by atoms with Gasteiger partial charge in [0.1, 0.15) is 5.75 Å². The summed E-state index contributed by atoms with van der Waals surface area (Å²) in [4.78, 5) is 29.5. The number of nitrogens with zero attached hydrogens (tertiary/aromatic N) is 2. The molecule has 1 fully saturated rings. The molecule has 2 heterocycles. The van der Waals surface area contributed by atoms with Crippen molar-refractivity contribution >= 4 is 23.0 Å². The molecule has 0 spiro atoms. The number of ether oxygens (including phenoxy) is 1. The van der Waals surface area contributed by atoms with Crippen molar-refractivity contribution in [3.05, 3.63) is 60.2 Å². The normalized spacial score (nSPS) is 13.4. The van der Waals surface area contributed by atoms with E-state index in [0.29, 0.717) is 17.8 Å². The van der Waals surface area contributed by atoms with Gasteiger partial charge in [0.25, 0.3) is 11.8 Å². The number of fused-ring (bicyclic) bond motifs is 1. The molecule has 0 bridgehead atoms. The Morgan fingerprint density at radius 3 is 2.63 bits per heavy atom. The first-order valence-corrected chi connectivity index (χ1v) is 8.98. The fourth-order valence-corrected chi connectivity index (χ4v) is 2.83. The number of anilines is 1. The number of carbonyl (C=O) groups excluding carboxylic acids is 2. The first-order chi connectivity index (χ1) is 13.2. The molecule has 3 aromatic rings. The van der Waals surface area contributed by atoms with Crippen LogP contribution in [-0.4, -0.2) is 33.8 Å². The number of aromatic nitrogens is 2. The minimum Gasteiger partial charge on any atom is -0.494 e. The molecule has 0 radical (unpaired) electrons. The van der Waals surface area contributed by atoms with E-state index in [9.17, 15) is 9.59 Å². The van der Waals surface area contributed by atoms with E-state index in [1.807, 2.05) is 13.0 Å². The summed E-state index contributed by atoms with van der Waals surface area (Å²) in [5.74, 6) is 0.272. The van der Waals surface area contributed by atoms with Crippen molar-refractivity contribution in [3.8, 4) is 5.75 Å². The zero-order valence-corrected chi connectivity index (χ0v) is 14.9. The van der Waals surface area contributed by atoms with Crippen molar-refractivity contribution in [1.82, 2.24) is 14.7 Å². The van der Waals surface area contributed by atoms with Crippen molar-refractivity contribution < 1.29 is 14.3 Å². The molecule has 1 aromatic carbocycles. The van der Waals surface area contributed by atoms with Crippen LogP contribution in [-0.2, 0) is 0 Å². The molecule has 2 aromatic heterocycles. The van der Waals surface area contributed by atoms with Crippen LogP contribution in [0.25, 0.3) is 5.52 Å². The van der Waals surface area contributed by atoms with Crippen LogP contribution in [0.4, 0.5) is 5.69 Å². The van der Waals surface area contributed by atoms with E-state index >= 15 is 0 Å². The lowest BCUT2D eigenvalue weighted by atomic mass is 10.3. The number of pyridine rings is 1. The number of rotatable bonds is 6. The second-order valence-corrected chi connectivity index (χ2v) is 6.40. The van der Waals surface area contributed by atoms with Gasteiger partial charge in [0.2, 0.25) is 5.82 Å². The van der Waals surface area contributed by atoms with Gasteiger partial charge in [0.05, 0.1) is 12.1 Å². The van der Waals surface area contributed by atoms with E-state index in [1.54, 1.807) is 47.0 Å². The maximum Gasteiger partial charge on any atom is 0.292 e. The van der Waals surface area contributed by atoms with E-state index in [2.05, 4.69) is 15.6 Å². The highest BCUT2D eigenvalue weighted by molar-refractivity contribution is 6.06. The van der Waals surface area contributed by atoms with E-state index < -0.39 is 0 Å². The molecule has 2 amide bonds. The molecule has 0 aliphatic heterocycles. The molecule has 1 aliphatic carbocycles. The fraction of sp³-hybridized carbons (Fsp3) is 0.250. The third kappa shape index (κ3) is 3.62. The van der Waals surface area contributed by atoms with Crippen LogP contribution in [0.2, 0.25) is 0 Å². The van der Waals surface area contributed by atoms with Crippen LogP contribution in [0.5, 0.6) is 5.75 Å². The van der Waals surface area contributed by atoms with E-state index in [1.165, 1.54) is 0 Å². The summed E-state index contributed by atoms with van der Waals surface area (Å²) < 4.78 is 7.03. The van der Waals surface area contributed by atoms with Crippen molar-refractivity contribution in [3.63, 3.8) is 0 Å². The molecule has 1 saturated carbocycles. The highest BCUT2D eigenvalue weighted by Gasteiger charge is 2.27. The summed E-state index contributed by atoms with van der Waals surface area (Å²) in [6.45, 7) is 2.49. The molecule has 7 nitrogen and oxygen atoms in total. The van der Waals surface area contributed by atoms with Gasteiger partial charge in [0, 0.05) is 17.9 Å². The van der Waals surface area contributed by atoms with Gasteiger partial charge in [-0.1, -0.05) is 6.07 Å². The second-order valence-electron chi connectivity index (χ2n) is 6.40. The highest BCUT2D eigenvalue weighted by atomic mass is 16.5. The van der Waals surface area contributed by atoms with Crippen LogP contribution in [0.15, 0.2) is 48.7 Å². The summed E-state index contributed by atoms with van der Waals surface area (Å²) in [5, 5.41) is 5.74. The summed E-state index contributed by atoms with van der Waals surface area (Å²) in [6, 6.07) is 12.7. The summed E-state index contributed by atoms with van der Waals surface area (Å²) >= 11 is 0. The van der Waals surface area contributed by atoms with Crippen LogP contribution in [0.1, 0.15) is 40.9 Å². The molecule has 0 unspecified atom stereocenters. The van der Waals surface area contributed by atoms with Gasteiger partial charge in [-0.25, -0.2) is 4.98 Å². The minimum absolute atomic E-state index is 0.167. The van der Waals surface area contributed by atoms with E-state index in [0.717, 1.165) is 18.6 Å². The Balaban J connectivity index is 1.60. The number of carbonyl (C=O) groups is 2. The first kappa shape index (κ1) is 17.1. The van der Waals surface area contributed by atoms with Gasteiger partial charge in [0.15, 0.2) is 5.69 Å². The lowest BCUT2D eigenvalue weighted by Gasteiger charge is -2.06. The molecule has 1 aliphatic rings. The quantitative estimate of drug-likeness (QED) is 0.704. The summed E-state index contributed by atoms with van der Waals surface area (Å²) in [7, 11) is 0. The van der Waals surface area contributed by atoms with Gasteiger partial charge >= 0.3 is 0 Å². The number of hydrogen-bond donors (Lipinski definition) is 2. The van der Waals surface area contributed by atoms with E-state index in [-0.39, 0.29) is 29.4 Å². The number of hydrogen-bond acceptors (Lipinski definition) is 4.